The van der Waals surface area contributed by atoms with Gasteiger partial charge in [-0.15, -0.1) is 0 Å². The normalized spacial score (nSPS) is 10.7. The molecule has 0 fully saturated rings. The van der Waals surface area contributed by atoms with Crippen molar-refractivity contribution in [2.24, 2.45) is 0 Å². The highest BCUT2D eigenvalue weighted by molar-refractivity contribution is 5.92. The van der Waals surface area contributed by atoms with Gasteiger partial charge in [-0.05, 0) is 18.6 Å². The predicted octanol–water partition coefficient (Wildman–Crippen LogP) is 5.83. The zero-order valence-corrected chi connectivity index (χ0v) is 26.6. The first-order valence-electron chi connectivity index (χ1n) is 15.0. The fourth-order valence-electron chi connectivity index (χ4n) is 3.83. The summed E-state index contributed by atoms with van der Waals surface area (Å²) in [7, 11) is 0. The summed E-state index contributed by atoms with van der Waals surface area (Å²) in [5.41, 5.74) is -1.06. The molecule has 0 radical (unpaired) electrons. The third-order valence-corrected chi connectivity index (χ3v) is 6.19. The molecular formula is C33H36O13. The number of hydrogen-bond acceptors (Lipinski definition) is 13. The van der Waals surface area contributed by atoms with Crippen LogP contribution in [-0.2, 0) is 24.0 Å². The van der Waals surface area contributed by atoms with Crippen LogP contribution >= 0.6 is 0 Å². The van der Waals surface area contributed by atoms with Crippen molar-refractivity contribution in [2.75, 3.05) is 6.61 Å². The van der Waals surface area contributed by atoms with E-state index in [0.717, 1.165) is 0 Å². The van der Waals surface area contributed by atoms with Crippen molar-refractivity contribution < 1.29 is 56.8 Å². The van der Waals surface area contributed by atoms with Crippen LogP contribution in [0.2, 0.25) is 0 Å². The lowest BCUT2D eigenvalue weighted by atomic mass is 10.1. The van der Waals surface area contributed by atoms with Crippen molar-refractivity contribution >= 4 is 40.8 Å². The Kier molecular flexibility index (Phi) is 12.4. The molecule has 1 aromatic heterocycles. The van der Waals surface area contributed by atoms with E-state index in [0.29, 0.717) is 6.42 Å². The third-order valence-electron chi connectivity index (χ3n) is 6.19. The van der Waals surface area contributed by atoms with Crippen molar-refractivity contribution in [3.05, 3.63) is 34.5 Å². The first kappa shape index (κ1) is 35.3. The Morgan fingerprint density at radius 2 is 1.09 bits per heavy atom. The quantitative estimate of drug-likeness (QED) is 0.152. The van der Waals surface area contributed by atoms with Crippen molar-refractivity contribution in [3.8, 4) is 45.8 Å². The van der Waals surface area contributed by atoms with Gasteiger partial charge >= 0.3 is 29.8 Å². The smallest absolute Gasteiger partial charge is 0.311 e. The second kappa shape index (κ2) is 16.2. The lowest BCUT2D eigenvalue weighted by Crippen LogP contribution is -2.17. The molecule has 0 spiro atoms. The van der Waals surface area contributed by atoms with E-state index >= 15 is 0 Å². The summed E-state index contributed by atoms with van der Waals surface area (Å²) in [6.45, 7) is 9.80. The first-order chi connectivity index (χ1) is 22.0. The molecule has 0 aliphatic heterocycles. The van der Waals surface area contributed by atoms with E-state index in [9.17, 15) is 28.8 Å². The zero-order valence-electron chi connectivity index (χ0n) is 26.6. The molecule has 0 atom stereocenters. The third kappa shape index (κ3) is 8.49. The van der Waals surface area contributed by atoms with Crippen LogP contribution in [0.3, 0.4) is 0 Å². The lowest BCUT2D eigenvalue weighted by molar-refractivity contribution is -0.136. The van der Waals surface area contributed by atoms with E-state index in [-0.39, 0.29) is 89.8 Å². The summed E-state index contributed by atoms with van der Waals surface area (Å²) in [6, 6.07) is 5.05. The van der Waals surface area contributed by atoms with Crippen LogP contribution in [0.4, 0.5) is 0 Å². The minimum absolute atomic E-state index is 0.00266. The Hall–Kier alpha value is -5.20. The number of ether oxygens (including phenoxy) is 6. The molecule has 46 heavy (non-hydrogen) atoms. The molecule has 0 amide bonds. The van der Waals surface area contributed by atoms with E-state index in [2.05, 4.69) is 0 Å². The molecule has 0 aliphatic carbocycles. The highest BCUT2D eigenvalue weighted by Gasteiger charge is 2.28. The van der Waals surface area contributed by atoms with Gasteiger partial charge in [-0.25, -0.2) is 0 Å². The second-order valence-corrected chi connectivity index (χ2v) is 9.67. The van der Waals surface area contributed by atoms with Gasteiger partial charge in [-0.1, -0.05) is 41.5 Å². The average molecular weight is 641 g/mol. The van der Waals surface area contributed by atoms with Crippen molar-refractivity contribution in [3.63, 3.8) is 0 Å². The second-order valence-electron chi connectivity index (χ2n) is 9.67. The molecule has 0 aliphatic rings. The Morgan fingerprint density at radius 3 is 1.65 bits per heavy atom. The van der Waals surface area contributed by atoms with Gasteiger partial charge in [-0.2, -0.15) is 0 Å². The molecule has 13 nitrogen and oxygen atoms in total. The van der Waals surface area contributed by atoms with Crippen LogP contribution < -0.4 is 33.8 Å². The topological polar surface area (TPSA) is 171 Å². The number of carbonyl (C=O) groups is 5. The highest BCUT2D eigenvalue weighted by Crippen LogP contribution is 2.45. The van der Waals surface area contributed by atoms with Gasteiger partial charge in [0.2, 0.25) is 16.9 Å². The highest BCUT2D eigenvalue weighted by atomic mass is 16.6. The molecule has 0 saturated carbocycles. The van der Waals surface area contributed by atoms with Crippen LogP contribution in [0.25, 0.3) is 22.3 Å². The maximum atomic E-state index is 14.0. The van der Waals surface area contributed by atoms with Crippen LogP contribution in [0, 0.1) is 0 Å². The summed E-state index contributed by atoms with van der Waals surface area (Å²) in [4.78, 5) is 75.7. The number of carbonyl (C=O) groups excluding carboxylic acids is 5. The number of benzene rings is 2. The predicted molar refractivity (Wildman–Crippen MR) is 163 cm³/mol. The Balaban J connectivity index is 2.47. The largest absolute Gasteiger partial charge is 0.490 e. The van der Waals surface area contributed by atoms with Gasteiger partial charge in [0.25, 0.3) is 0 Å². The number of rotatable bonds is 14. The van der Waals surface area contributed by atoms with E-state index < -0.39 is 41.0 Å². The monoisotopic (exact) mass is 640 g/mol. The van der Waals surface area contributed by atoms with E-state index in [1.165, 1.54) is 31.2 Å². The molecule has 1 heterocycles. The maximum Gasteiger partial charge on any atom is 0.311 e. The SMILES string of the molecule is CCCOc1cc(-c2oc3cc(OC(=O)CC)cc(OC(=O)CC)c3c(=O)c2OC(=O)CC)cc(OC(=O)CC)c1OC(=O)CC. The van der Waals surface area contributed by atoms with Crippen LogP contribution in [0.1, 0.15) is 80.1 Å². The first-order valence-corrected chi connectivity index (χ1v) is 15.0. The molecule has 3 aromatic rings. The minimum Gasteiger partial charge on any atom is -0.490 e. The van der Waals surface area contributed by atoms with E-state index in [4.69, 9.17) is 32.8 Å². The van der Waals surface area contributed by atoms with Gasteiger partial charge in [0.1, 0.15) is 22.5 Å². The molecule has 0 bridgehead atoms. The number of hydrogen-bond donors (Lipinski definition) is 0. The van der Waals surface area contributed by atoms with Crippen LogP contribution in [0.15, 0.2) is 33.5 Å². The number of esters is 5. The molecule has 0 unspecified atom stereocenters. The van der Waals surface area contributed by atoms with Gasteiger partial charge in [-0.3, -0.25) is 28.8 Å². The maximum absolute atomic E-state index is 14.0. The summed E-state index contributed by atoms with van der Waals surface area (Å²) in [6.07, 6.45) is 0.394. The van der Waals surface area contributed by atoms with Crippen molar-refractivity contribution in [1.82, 2.24) is 0 Å². The van der Waals surface area contributed by atoms with Crippen LogP contribution in [0.5, 0.6) is 34.5 Å². The fraction of sp³-hybridized carbons (Fsp3) is 0.394. The van der Waals surface area contributed by atoms with Crippen molar-refractivity contribution in [2.45, 2.75) is 80.1 Å². The zero-order chi connectivity index (χ0) is 34.0. The van der Waals surface area contributed by atoms with Crippen LogP contribution in [-0.4, -0.2) is 36.5 Å². The van der Waals surface area contributed by atoms with Gasteiger partial charge in [0.05, 0.1) is 6.61 Å². The minimum atomic E-state index is -0.894. The lowest BCUT2D eigenvalue weighted by Gasteiger charge is -2.18. The van der Waals surface area contributed by atoms with Gasteiger partial charge in [0.15, 0.2) is 17.3 Å². The Morgan fingerprint density at radius 1 is 0.587 bits per heavy atom. The van der Waals surface area contributed by atoms with Gasteiger partial charge in [0, 0.05) is 49.8 Å². The Labute approximate surface area is 264 Å². The Bertz CT molecular complexity index is 1700. The van der Waals surface area contributed by atoms with E-state index in [1.54, 1.807) is 27.7 Å². The summed E-state index contributed by atoms with van der Waals surface area (Å²) < 4.78 is 39.1. The average Bonchev–Trinajstić information content (AvgIpc) is 3.04. The number of fused-ring (bicyclic) bond motifs is 1. The molecule has 3 rings (SSSR count). The summed E-state index contributed by atoms with van der Waals surface area (Å²) in [5.74, 6) is -5.10. The summed E-state index contributed by atoms with van der Waals surface area (Å²) in [5, 5.41) is -0.269. The molecule has 0 saturated heterocycles. The standard InChI is InChI=1S/C33H36O13/c1-7-13-40-22-14-18(15-23(43-26(36)10-4)32(22)45-27(37)11-5)31-33(46-28(38)12-6)30(39)29-20(42-25(35)9-3)16-19(17-21(29)44-31)41-24(34)8-2/h14-17H,7-13H2,1-6H3. The van der Waals surface area contributed by atoms with E-state index in [1.807, 2.05) is 6.92 Å². The molecule has 2 aromatic carbocycles. The van der Waals surface area contributed by atoms with Crippen molar-refractivity contribution in [1.29, 1.82) is 0 Å². The van der Waals surface area contributed by atoms with Gasteiger partial charge < -0.3 is 32.8 Å². The molecule has 246 valence electrons. The molecular weight excluding hydrogens is 604 g/mol. The molecule has 0 N–H and O–H groups in total. The fourth-order valence-corrected chi connectivity index (χ4v) is 3.83. The molecule has 13 heteroatoms. The summed E-state index contributed by atoms with van der Waals surface area (Å²) >= 11 is 0.